The molecule has 2 heterocycles. The van der Waals surface area contributed by atoms with Gasteiger partial charge in [-0.1, -0.05) is 33.0 Å². The van der Waals surface area contributed by atoms with E-state index in [2.05, 4.69) is 62.6 Å². The van der Waals surface area contributed by atoms with Crippen LogP contribution in [0.3, 0.4) is 0 Å². The van der Waals surface area contributed by atoms with Crippen LogP contribution < -0.4 is 9.71 Å². The maximum absolute atomic E-state index is 2.62. The number of fused-ring (bicyclic) bond motifs is 1. The maximum Gasteiger partial charge on any atom is 0.212 e. The van der Waals surface area contributed by atoms with E-state index in [1.807, 2.05) is 0 Å². The van der Waals surface area contributed by atoms with Crippen molar-refractivity contribution in [2.45, 2.75) is 46.4 Å². The molecule has 0 spiro atoms. The lowest BCUT2D eigenvalue weighted by Gasteiger charge is -2.28. The van der Waals surface area contributed by atoms with Crippen LogP contribution in [0.5, 0.6) is 0 Å². The van der Waals surface area contributed by atoms with Gasteiger partial charge in [-0.15, -0.1) is 0 Å². The fraction of sp³-hybridized carbons (Fsp3) is 0.600. The molecule has 1 aromatic rings. The van der Waals surface area contributed by atoms with E-state index in [-0.39, 0.29) is 0 Å². The van der Waals surface area contributed by atoms with E-state index in [0.717, 1.165) is 19.3 Å². The van der Waals surface area contributed by atoms with E-state index >= 15 is 0 Å². The summed E-state index contributed by atoms with van der Waals surface area (Å²) < 4.78 is 0. The van der Waals surface area contributed by atoms with Crippen molar-refractivity contribution in [2.75, 3.05) is 16.8 Å². The summed E-state index contributed by atoms with van der Waals surface area (Å²) in [5, 5.41) is 0. The molecule has 1 atom stereocenters. The van der Waals surface area contributed by atoms with Gasteiger partial charge in [0.15, 0.2) is 0 Å². The van der Waals surface area contributed by atoms with Crippen LogP contribution in [0.2, 0.25) is 13.0 Å². The molecule has 19 heavy (non-hydrogen) atoms. The molecule has 1 aromatic carbocycles. The third-order valence-corrected chi connectivity index (χ3v) is 4.73. The van der Waals surface area contributed by atoms with Crippen molar-refractivity contribution in [2.24, 2.45) is 5.92 Å². The van der Waals surface area contributed by atoms with Crippen molar-refractivity contribution in [1.82, 2.24) is 0 Å². The summed E-state index contributed by atoms with van der Waals surface area (Å²) in [5.74, 6) is 0.724. The zero-order valence-electron chi connectivity index (χ0n) is 12.9. The Hall–Kier alpha value is -1.05. The Bertz CT molecular complexity index is 489. The highest BCUT2D eigenvalue weighted by atomic mass is 15.4. The lowest BCUT2D eigenvalue weighted by atomic mass is 9.47. The molecule has 3 rings (SSSR count). The molecule has 0 aromatic heterocycles. The van der Waals surface area contributed by atoms with Gasteiger partial charge < -0.3 is 9.71 Å². The normalized spacial score (nSPS) is 21.5. The average molecular weight is 254 g/mol. The predicted octanol–water partition coefficient (Wildman–Crippen LogP) is 3.23. The van der Waals surface area contributed by atoms with Gasteiger partial charge in [-0.25, -0.2) is 0 Å². The van der Waals surface area contributed by atoms with Gasteiger partial charge in [-0.05, 0) is 37.0 Å². The first-order chi connectivity index (χ1) is 8.99. The summed E-state index contributed by atoms with van der Waals surface area (Å²) in [6, 6.07) is 7.07. The standard InChI is InChI=1S/C15H24B2N2/c1-11(2)8-13-6-7-14-15(9-13)18(5)12(3)19(14)17-10-16(17)4/h6-7,9,11-12H,8,10H2,1-5H3/t12-/m0/s1. The molecule has 4 heteroatoms. The lowest BCUT2D eigenvalue weighted by molar-refractivity contribution is 0.647. The SMILES string of the molecule is CB1CB1N1c2ccc(CC(C)C)cc2N(C)[C@@H]1C. The monoisotopic (exact) mass is 254 g/mol. The van der Waals surface area contributed by atoms with Crippen LogP contribution in [-0.4, -0.2) is 26.6 Å². The summed E-state index contributed by atoms with van der Waals surface area (Å²) in [6.07, 6.45) is 3.03. The maximum atomic E-state index is 2.62. The fourth-order valence-electron chi connectivity index (χ4n) is 3.40. The Balaban J connectivity index is 1.93. The minimum atomic E-state index is 0.499. The summed E-state index contributed by atoms with van der Waals surface area (Å²) >= 11 is 0. The van der Waals surface area contributed by atoms with Crippen molar-refractivity contribution in [1.29, 1.82) is 0 Å². The number of benzene rings is 1. The number of hydrogen-bond donors (Lipinski definition) is 0. The average Bonchev–Trinajstić information content (AvgIpc) is 3.00. The molecular formula is C15H24B2N2. The second-order valence-corrected chi connectivity index (χ2v) is 6.85. The topological polar surface area (TPSA) is 6.48 Å². The molecule has 100 valence electrons. The van der Waals surface area contributed by atoms with E-state index < -0.39 is 0 Å². The number of anilines is 2. The highest BCUT2D eigenvalue weighted by Crippen LogP contribution is 2.43. The van der Waals surface area contributed by atoms with Gasteiger partial charge in [0.2, 0.25) is 6.74 Å². The van der Waals surface area contributed by atoms with Crippen molar-refractivity contribution < 1.29 is 0 Å². The van der Waals surface area contributed by atoms with Crippen LogP contribution in [0.15, 0.2) is 18.2 Å². The molecule has 2 nitrogen and oxygen atoms in total. The second kappa shape index (κ2) is 4.50. The van der Waals surface area contributed by atoms with E-state index in [9.17, 15) is 0 Å². The minimum Gasteiger partial charge on any atom is -0.403 e. The summed E-state index contributed by atoms with van der Waals surface area (Å²) in [7, 11) is 2.23. The molecule has 0 N–H and O–H groups in total. The first-order valence-corrected chi connectivity index (χ1v) is 7.63. The van der Waals surface area contributed by atoms with Crippen molar-refractivity contribution in [3.8, 4) is 0 Å². The summed E-state index contributed by atoms with van der Waals surface area (Å²) in [5.41, 5.74) is 4.33. The minimum absolute atomic E-state index is 0.499. The largest absolute Gasteiger partial charge is 0.403 e. The van der Waals surface area contributed by atoms with Crippen molar-refractivity contribution in [3.63, 3.8) is 0 Å². The molecule has 0 saturated carbocycles. The third-order valence-electron chi connectivity index (χ3n) is 4.73. The summed E-state index contributed by atoms with van der Waals surface area (Å²) in [6.45, 7) is 10.9. The Morgan fingerprint density at radius 2 is 2.00 bits per heavy atom. The fourth-order valence-corrected chi connectivity index (χ4v) is 3.40. The van der Waals surface area contributed by atoms with Gasteiger partial charge in [0.05, 0.1) is 11.9 Å². The number of rotatable bonds is 3. The van der Waals surface area contributed by atoms with Gasteiger partial charge in [-0.2, -0.15) is 0 Å². The molecule has 1 saturated heterocycles. The van der Waals surface area contributed by atoms with Crippen LogP contribution >= 0.6 is 0 Å². The van der Waals surface area contributed by atoms with Crippen LogP contribution in [-0.2, 0) is 6.42 Å². The number of hydrogen-bond acceptors (Lipinski definition) is 2. The molecule has 0 radical (unpaired) electrons. The molecular weight excluding hydrogens is 230 g/mol. The van der Waals surface area contributed by atoms with Crippen LogP contribution in [0.4, 0.5) is 11.4 Å². The zero-order chi connectivity index (χ0) is 13.7. The first-order valence-electron chi connectivity index (χ1n) is 7.63. The Morgan fingerprint density at radius 3 is 2.58 bits per heavy atom. The third kappa shape index (κ3) is 2.15. The molecule has 0 aliphatic carbocycles. The van der Waals surface area contributed by atoms with Gasteiger partial charge in [0.25, 0.3) is 0 Å². The highest BCUT2D eigenvalue weighted by molar-refractivity contribution is 7.41. The van der Waals surface area contributed by atoms with Crippen LogP contribution in [0.25, 0.3) is 0 Å². The molecule has 0 bridgehead atoms. The van der Waals surface area contributed by atoms with Crippen LogP contribution in [0, 0.1) is 5.92 Å². The van der Waals surface area contributed by atoms with E-state index in [4.69, 9.17) is 0 Å². The quantitative estimate of drug-likeness (QED) is 0.764. The Morgan fingerprint density at radius 1 is 1.32 bits per heavy atom. The molecule has 2 aliphatic rings. The zero-order valence-corrected chi connectivity index (χ0v) is 12.9. The van der Waals surface area contributed by atoms with E-state index in [0.29, 0.717) is 6.17 Å². The van der Waals surface area contributed by atoms with Crippen LogP contribution in [0.1, 0.15) is 26.3 Å². The lowest BCUT2D eigenvalue weighted by Crippen LogP contribution is -2.43. The molecule has 0 amide bonds. The second-order valence-electron chi connectivity index (χ2n) is 6.85. The van der Waals surface area contributed by atoms with Gasteiger partial charge in [-0.3, -0.25) is 0 Å². The van der Waals surface area contributed by atoms with E-state index in [1.54, 1.807) is 0 Å². The smallest absolute Gasteiger partial charge is 0.212 e. The molecule has 1 fully saturated rings. The van der Waals surface area contributed by atoms with Gasteiger partial charge in [0.1, 0.15) is 6.60 Å². The van der Waals surface area contributed by atoms with Crippen molar-refractivity contribution >= 4 is 24.7 Å². The van der Waals surface area contributed by atoms with Crippen molar-refractivity contribution in [3.05, 3.63) is 23.8 Å². The summed E-state index contributed by atoms with van der Waals surface area (Å²) in [4.78, 5) is 5.06. The predicted molar refractivity (Wildman–Crippen MR) is 87.5 cm³/mol. The van der Waals surface area contributed by atoms with Gasteiger partial charge in [0, 0.05) is 12.7 Å². The Labute approximate surface area is 118 Å². The molecule has 0 unspecified atom stereocenters. The highest BCUT2D eigenvalue weighted by Gasteiger charge is 2.50. The van der Waals surface area contributed by atoms with Gasteiger partial charge >= 0.3 is 0 Å². The van der Waals surface area contributed by atoms with E-state index in [1.165, 1.54) is 29.6 Å². The molecule has 2 aliphatic heterocycles. The Kier molecular flexibility index (Phi) is 3.07. The first kappa shape index (κ1) is 13.0. The number of nitrogens with zero attached hydrogens (tertiary/aromatic N) is 2.